The lowest BCUT2D eigenvalue weighted by atomic mass is 10.1. The van der Waals surface area contributed by atoms with E-state index in [1.807, 2.05) is 50.4 Å². The van der Waals surface area contributed by atoms with Gasteiger partial charge in [-0.2, -0.15) is 0 Å². The van der Waals surface area contributed by atoms with Crippen molar-refractivity contribution in [2.24, 2.45) is 0 Å². The van der Waals surface area contributed by atoms with Crippen molar-refractivity contribution < 1.29 is 9.59 Å². The van der Waals surface area contributed by atoms with Crippen LogP contribution in [0.5, 0.6) is 0 Å². The lowest BCUT2D eigenvalue weighted by molar-refractivity contribution is -0.127. The maximum absolute atomic E-state index is 12.7. The number of nitrogens with zero attached hydrogens (tertiary/aromatic N) is 4. The average molecular weight is 369 g/mol. The Morgan fingerprint density at radius 2 is 2.08 bits per heavy atom. The number of amides is 3. The largest absolute Gasteiger partial charge is 0.325 e. The van der Waals surface area contributed by atoms with E-state index in [1.165, 1.54) is 4.90 Å². The fourth-order valence-corrected chi connectivity index (χ4v) is 4.06. The molecule has 0 spiro atoms. The van der Waals surface area contributed by atoms with Gasteiger partial charge in [0.2, 0.25) is 0 Å². The monoisotopic (exact) mass is 369 g/mol. The molecule has 0 saturated carbocycles. The fraction of sp³-hybridized carbons (Fsp3) is 0.333. The van der Waals surface area contributed by atoms with Crippen molar-refractivity contribution in [3.05, 3.63) is 47.1 Å². The predicted octanol–water partition coefficient (Wildman–Crippen LogP) is 2.74. The smallest absolute Gasteiger partial charge is 0.325 e. The first kappa shape index (κ1) is 16.7. The molecular formula is C18H19N5O2S. The Morgan fingerprint density at radius 3 is 2.81 bits per heavy atom. The molecule has 1 unspecified atom stereocenters. The second-order valence-corrected chi connectivity index (χ2v) is 7.83. The van der Waals surface area contributed by atoms with Gasteiger partial charge in [-0.15, -0.1) is 16.4 Å². The van der Waals surface area contributed by atoms with Crippen LogP contribution in [0.15, 0.2) is 36.5 Å². The molecule has 1 aliphatic heterocycles. The molecule has 4 rings (SSSR count). The minimum absolute atomic E-state index is 0.203. The van der Waals surface area contributed by atoms with Crippen LogP contribution in [-0.4, -0.2) is 37.9 Å². The summed E-state index contributed by atoms with van der Waals surface area (Å²) in [6, 6.07) is 9.32. The highest BCUT2D eigenvalue weighted by Crippen LogP contribution is 2.27. The zero-order chi connectivity index (χ0) is 18.3. The Morgan fingerprint density at radius 1 is 1.27 bits per heavy atom. The molecule has 1 saturated heterocycles. The summed E-state index contributed by atoms with van der Waals surface area (Å²) in [5.74, 6) is -0.216. The molecule has 8 heteroatoms. The van der Waals surface area contributed by atoms with Gasteiger partial charge in [-0.05, 0) is 31.4 Å². The van der Waals surface area contributed by atoms with E-state index in [0.29, 0.717) is 18.7 Å². The third-order valence-corrected chi connectivity index (χ3v) is 5.50. The average Bonchev–Trinajstić information content (AvgIpc) is 3.29. The van der Waals surface area contributed by atoms with Crippen LogP contribution in [0.3, 0.4) is 0 Å². The molecule has 0 radical (unpaired) electrons. The molecule has 0 bridgehead atoms. The molecule has 1 atom stereocenters. The first-order valence-electron chi connectivity index (χ1n) is 8.51. The predicted molar refractivity (Wildman–Crippen MR) is 98.8 cm³/mol. The second-order valence-electron chi connectivity index (χ2n) is 6.66. The lowest BCUT2D eigenvalue weighted by Gasteiger charge is -2.11. The van der Waals surface area contributed by atoms with Crippen molar-refractivity contribution in [3.63, 3.8) is 0 Å². The van der Waals surface area contributed by atoms with Crippen LogP contribution in [-0.2, 0) is 17.8 Å². The van der Waals surface area contributed by atoms with Gasteiger partial charge in [0.25, 0.3) is 5.91 Å². The number of rotatable bonds is 5. The number of hydrogen-bond acceptors (Lipinski definition) is 5. The van der Waals surface area contributed by atoms with Crippen LogP contribution in [0.1, 0.15) is 30.5 Å². The van der Waals surface area contributed by atoms with Crippen LogP contribution >= 0.6 is 11.3 Å². The molecule has 2 aromatic heterocycles. The van der Waals surface area contributed by atoms with E-state index in [1.54, 1.807) is 16.0 Å². The topological polar surface area (TPSA) is 80.1 Å². The number of imide groups is 1. The van der Waals surface area contributed by atoms with Crippen molar-refractivity contribution >= 4 is 33.4 Å². The van der Waals surface area contributed by atoms with Gasteiger partial charge in [-0.25, -0.2) is 9.48 Å². The van der Waals surface area contributed by atoms with Crippen molar-refractivity contribution in [3.8, 4) is 0 Å². The Bertz CT molecular complexity index is 944. The van der Waals surface area contributed by atoms with Gasteiger partial charge in [0, 0.05) is 28.2 Å². The quantitative estimate of drug-likeness (QED) is 0.701. The van der Waals surface area contributed by atoms with E-state index in [4.69, 9.17) is 0 Å². The third-order valence-electron chi connectivity index (χ3n) is 4.40. The maximum atomic E-state index is 12.7. The van der Waals surface area contributed by atoms with E-state index >= 15 is 0 Å². The summed E-state index contributed by atoms with van der Waals surface area (Å²) in [6.07, 6.45) is 2.17. The van der Waals surface area contributed by atoms with Gasteiger partial charge in [0.15, 0.2) is 0 Å². The van der Waals surface area contributed by atoms with E-state index in [9.17, 15) is 9.59 Å². The van der Waals surface area contributed by atoms with Crippen molar-refractivity contribution in [1.29, 1.82) is 0 Å². The molecule has 1 aliphatic rings. The second kappa shape index (κ2) is 6.53. The lowest BCUT2D eigenvalue weighted by Crippen LogP contribution is -2.32. The van der Waals surface area contributed by atoms with Crippen LogP contribution in [0.4, 0.5) is 4.79 Å². The summed E-state index contributed by atoms with van der Waals surface area (Å²) in [4.78, 5) is 27.2. The number of carbonyl (C=O) groups excluding carboxylic acids is 2. The Hall–Kier alpha value is -2.74. The minimum Gasteiger partial charge on any atom is -0.325 e. The zero-order valence-corrected chi connectivity index (χ0v) is 15.4. The van der Waals surface area contributed by atoms with Crippen LogP contribution in [0.25, 0.3) is 10.1 Å². The van der Waals surface area contributed by atoms with Gasteiger partial charge >= 0.3 is 6.03 Å². The number of aromatic nitrogens is 3. The van der Waals surface area contributed by atoms with Crippen LogP contribution in [0, 0.1) is 0 Å². The third kappa shape index (κ3) is 3.08. The Labute approximate surface area is 154 Å². The molecule has 3 heterocycles. The molecule has 0 aliphatic carbocycles. The summed E-state index contributed by atoms with van der Waals surface area (Å²) in [7, 11) is 0. The molecule has 1 fully saturated rings. The van der Waals surface area contributed by atoms with E-state index in [0.717, 1.165) is 15.0 Å². The number of carbonyl (C=O) groups is 2. The van der Waals surface area contributed by atoms with Gasteiger partial charge in [-0.3, -0.25) is 9.69 Å². The molecule has 7 nitrogen and oxygen atoms in total. The molecule has 1 N–H and O–H groups in total. The van der Waals surface area contributed by atoms with Gasteiger partial charge < -0.3 is 5.32 Å². The number of thiophene rings is 1. The highest BCUT2D eigenvalue weighted by molar-refractivity contribution is 7.19. The molecule has 26 heavy (non-hydrogen) atoms. The normalized spacial score (nSPS) is 17.5. The van der Waals surface area contributed by atoms with E-state index in [2.05, 4.69) is 15.6 Å². The zero-order valence-electron chi connectivity index (χ0n) is 14.5. The van der Waals surface area contributed by atoms with Gasteiger partial charge in [0.1, 0.15) is 6.04 Å². The standard InChI is InChI=1S/C18H19N5O2S/c1-11(2)23-9-13(20-21-23)8-15-17(24)22(18(25)19-15)10-14-7-12-5-3-4-6-16(12)26-14/h3-7,9,11,15H,8,10H2,1-2H3,(H,19,25). The van der Waals surface area contributed by atoms with E-state index in [-0.39, 0.29) is 18.0 Å². The molecule has 134 valence electrons. The van der Waals surface area contributed by atoms with Crippen molar-refractivity contribution in [2.75, 3.05) is 0 Å². The summed E-state index contributed by atoms with van der Waals surface area (Å²) in [5, 5.41) is 12.0. The Balaban J connectivity index is 1.47. The SMILES string of the molecule is CC(C)n1cc(CC2NC(=O)N(Cc3cc4ccccc4s3)C2=O)nn1. The van der Waals surface area contributed by atoms with Gasteiger partial charge in [0.05, 0.1) is 12.2 Å². The first-order chi connectivity index (χ1) is 12.5. The number of hydrogen-bond donors (Lipinski definition) is 1. The number of fused-ring (bicyclic) bond motifs is 1. The molecular weight excluding hydrogens is 350 g/mol. The summed E-state index contributed by atoms with van der Waals surface area (Å²) in [5.41, 5.74) is 0.695. The highest BCUT2D eigenvalue weighted by atomic mass is 32.1. The minimum atomic E-state index is -0.589. The summed E-state index contributed by atoms with van der Waals surface area (Å²) >= 11 is 1.60. The summed E-state index contributed by atoms with van der Waals surface area (Å²) in [6.45, 7) is 4.31. The number of urea groups is 1. The number of nitrogens with one attached hydrogen (secondary N) is 1. The van der Waals surface area contributed by atoms with Crippen LogP contribution < -0.4 is 5.32 Å². The number of benzene rings is 1. The van der Waals surface area contributed by atoms with Gasteiger partial charge in [-0.1, -0.05) is 23.4 Å². The summed E-state index contributed by atoms with van der Waals surface area (Å²) < 4.78 is 2.89. The molecule has 3 amide bonds. The van der Waals surface area contributed by atoms with Crippen molar-refractivity contribution in [1.82, 2.24) is 25.2 Å². The molecule has 3 aromatic rings. The highest BCUT2D eigenvalue weighted by Gasteiger charge is 2.38. The van der Waals surface area contributed by atoms with Crippen LogP contribution in [0.2, 0.25) is 0 Å². The molecule has 1 aromatic carbocycles. The maximum Gasteiger partial charge on any atom is 0.325 e. The fourth-order valence-electron chi connectivity index (χ4n) is 3.00. The first-order valence-corrected chi connectivity index (χ1v) is 9.33. The van der Waals surface area contributed by atoms with E-state index < -0.39 is 6.04 Å². The van der Waals surface area contributed by atoms with Crippen molar-refractivity contribution in [2.45, 2.75) is 38.9 Å². The Kier molecular flexibility index (Phi) is 4.20.